The van der Waals surface area contributed by atoms with E-state index in [0.717, 1.165) is 15.6 Å². The number of fused-ring (bicyclic) bond motifs is 1. The summed E-state index contributed by atoms with van der Waals surface area (Å²) in [6.45, 7) is 1.90. The number of amides is 1. The van der Waals surface area contributed by atoms with Crippen LogP contribution in [0.1, 0.15) is 25.6 Å². The van der Waals surface area contributed by atoms with E-state index in [1.54, 1.807) is 5.38 Å². The summed E-state index contributed by atoms with van der Waals surface area (Å²) in [5.74, 6) is -1.31. The maximum atomic E-state index is 12.4. The third-order valence-electron chi connectivity index (χ3n) is 3.17. The van der Waals surface area contributed by atoms with Crippen LogP contribution in [0.2, 0.25) is 0 Å². The average molecular weight is 317 g/mol. The lowest BCUT2D eigenvalue weighted by Gasteiger charge is -2.03. The summed E-state index contributed by atoms with van der Waals surface area (Å²) in [5.41, 5.74) is 1.04. The lowest BCUT2D eigenvalue weighted by Crippen LogP contribution is -2.12. The summed E-state index contributed by atoms with van der Waals surface area (Å²) in [6, 6.07) is 9.30. The highest BCUT2D eigenvalue weighted by Gasteiger charge is 2.18. The molecule has 0 aliphatic rings. The molecule has 0 aliphatic heterocycles. The summed E-state index contributed by atoms with van der Waals surface area (Å²) in [6.07, 6.45) is 0. The first-order valence-corrected chi connectivity index (χ1v) is 7.88. The van der Waals surface area contributed by atoms with Crippen LogP contribution in [0.5, 0.6) is 0 Å². The minimum atomic E-state index is -1.04. The predicted molar refractivity (Wildman–Crippen MR) is 85.8 cm³/mol. The van der Waals surface area contributed by atoms with Crippen LogP contribution in [0.25, 0.3) is 10.1 Å². The van der Waals surface area contributed by atoms with Crippen molar-refractivity contribution in [1.29, 1.82) is 0 Å². The number of hydrogen-bond donors (Lipinski definition) is 2. The van der Waals surface area contributed by atoms with Crippen LogP contribution in [0, 0.1) is 6.92 Å². The van der Waals surface area contributed by atoms with Gasteiger partial charge in [0.1, 0.15) is 5.00 Å². The monoisotopic (exact) mass is 317 g/mol. The summed E-state index contributed by atoms with van der Waals surface area (Å²) in [4.78, 5) is 24.1. The molecule has 0 aliphatic carbocycles. The van der Waals surface area contributed by atoms with Crippen molar-refractivity contribution in [3.05, 3.63) is 51.7 Å². The minimum absolute atomic E-state index is 0.118. The van der Waals surface area contributed by atoms with Crippen molar-refractivity contribution >= 4 is 49.6 Å². The van der Waals surface area contributed by atoms with E-state index in [9.17, 15) is 9.59 Å². The summed E-state index contributed by atoms with van der Waals surface area (Å²) < 4.78 is 1.05. The van der Waals surface area contributed by atoms with Gasteiger partial charge in [0.25, 0.3) is 5.91 Å². The highest BCUT2D eigenvalue weighted by molar-refractivity contribution is 7.21. The van der Waals surface area contributed by atoms with Crippen LogP contribution in [0.3, 0.4) is 0 Å². The molecular formula is C15H11NO3S2. The topological polar surface area (TPSA) is 66.4 Å². The fourth-order valence-electron chi connectivity index (χ4n) is 2.13. The van der Waals surface area contributed by atoms with Gasteiger partial charge in [-0.2, -0.15) is 0 Å². The molecule has 0 unspecified atom stereocenters. The molecular weight excluding hydrogens is 306 g/mol. The predicted octanol–water partition coefficient (Wildman–Crippen LogP) is 4.22. The third kappa shape index (κ3) is 2.43. The normalized spacial score (nSPS) is 10.7. The maximum Gasteiger partial charge on any atom is 0.338 e. The Kier molecular flexibility index (Phi) is 3.48. The van der Waals surface area contributed by atoms with Crippen molar-refractivity contribution in [2.75, 3.05) is 5.32 Å². The molecule has 2 aromatic heterocycles. The average Bonchev–Trinajstić information content (AvgIpc) is 3.04. The van der Waals surface area contributed by atoms with Crippen molar-refractivity contribution in [2.45, 2.75) is 6.92 Å². The van der Waals surface area contributed by atoms with Crippen molar-refractivity contribution in [3.63, 3.8) is 0 Å². The van der Waals surface area contributed by atoms with Gasteiger partial charge in [0, 0.05) is 4.70 Å². The Bertz CT molecular complexity index is 848. The molecule has 4 nitrogen and oxygen atoms in total. The van der Waals surface area contributed by atoms with E-state index in [1.807, 2.05) is 31.2 Å². The maximum absolute atomic E-state index is 12.4. The number of aromatic carboxylic acids is 1. The largest absolute Gasteiger partial charge is 0.478 e. The van der Waals surface area contributed by atoms with E-state index in [0.29, 0.717) is 9.88 Å². The summed E-state index contributed by atoms with van der Waals surface area (Å²) in [5, 5.41) is 14.8. The number of anilines is 1. The number of nitrogens with one attached hydrogen (secondary N) is 1. The van der Waals surface area contributed by atoms with E-state index < -0.39 is 5.97 Å². The molecule has 0 fully saturated rings. The standard InChI is InChI=1S/C15H11NO3S2/c1-8-9-4-2-3-5-11(9)21-12(8)13(17)16-14-10(15(18)19)6-7-20-14/h2-7H,1H3,(H,16,17)(H,18,19). The number of carboxylic acids is 1. The zero-order valence-corrected chi connectivity index (χ0v) is 12.7. The Balaban J connectivity index is 1.96. The van der Waals surface area contributed by atoms with Gasteiger partial charge >= 0.3 is 5.97 Å². The Labute approximate surface area is 128 Å². The Morgan fingerprint density at radius 2 is 1.95 bits per heavy atom. The van der Waals surface area contributed by atoms with E-state index in [-0.39, 0.29) is 11.5 Å². The molecule has 21 heavy (non-hydrogen) atoms. The fraction of sp³-hybridized carbons (Fsp3) is 0.0667. The number of aryl methyl sites for hydroxylation is 1. The molecule has 6 heteroatoms. The molecule has 106 valence electrons. The van der Waals surface area contributed by atoms with Gasteiger partial charge in [-0.25, -0.2) is 4.79 Å². The number of carbonyl (C=O) groups is 2. The molecule has 1 aromatic carbocycles. The van der Waals surface area contributed by atoms with Gasteiger partial charge in [-0.05, 0) is 35.4 Å². The lowest BCUT2D eigenvalue weighted by molar-refractivity contribution is 0.0698. The first kappa shape index (κ1) is 13.8. The van der Waals surface area contributed by atoms with Gasteiger partial charge in [-0.1, -0.05) is 18.2 Å². The van der Waals surface area contributed by atoms with Crippen LogP contribution in [0.15, 0.2) is 35.7 Å². The Hall–Kier alpha value is -2.18. The molecule has 0 bridgehead atoms. The number of hydrogen-bond acceptors (Lipinski definition) is 4. The summed E-state index contributed by atoms with van der Waals surface area (Å²) >= 11 is 2.62. The van der Waals surface area contributed by atoms with Gasteiger partial charge in [0.05, 0.1) is 10.4 Å². The molecule has 2 heterocycles. The Morgan fingerprint density at radius 1 is 1.19 bits per heavy atom. The highest BCUT2D eigenvalue weighted by Crippen LogP contribution is 2.32. The number of carboxylic acid groups (broad SMARTS) is 1. The Morgan fingerprint density at radius 3 is 2.67 bits per heavy atom. The van der Waals surface area contributed by atoms with Crippen molar-refractivity contribution < 1.29 is 14.7 Å². The second-order valence-electron chi connectivity index (χ2n) is 4.48. The first-order valence-electron chi connectivity index (χ1n) is 6.18. The van der Waals surface area contributed by atoms with Crippen LogP contribution >= 0.6 is 22.7 Å². The number of rotatable bonds is 3. The van der Waals surface area contributed by atoms with Crippen molar-refractivity contribution in [1.82, 2.24) is 0 Å². The van der Waals surface area contributed by atoms with E-state index in [2.05, 4.69) is 5.32 Å². The highest BCUT2D eigenvalue weighted by atomic mass is 32.1. The van der Waals surface area contributed by atoms with Gasteiger partial charge in [-0.3, -0.25) is 4.79 Å². The van der Waals surface area contributed by atoms with Gasteiger partial charge < -0.3 is 10.4 Å². The van der Waals surface area contributed by atoms with Crippen LogP contribution in [-0.4, -0.2) is 17.0 Å². The molecule has 1 amide bonds. The molecule has 3 aromatic rings. The number of benzene rings is 1. The van der Waals surface area contributed by atoms with Crippen LogP contribution in [0.4, 0.5) is 5.00 Å². The van der Waals surface area contributed by atoms with Crippen LogP contribution < -0.4 is 5.32 Å². The molecule has 0 saturated heterocycles. The van der Waals surface area contributed by atoms with Crippen molar-refractivity contribution in [3.8, 4) is 0 Å². The molecule has 0 saturated carbocycles. The number of thiophene rings is 2. The van der Waals surface area contributed by atoms with Crippen molar-refractivity contribution in [2.24, 2.45) is 0 Å². The molecule has 0 radical (unpaired) electrons. The van der Waals surface area contributed by atoms with Gasteiger partial charge in [0.2, 0.25) is 0 Å². The van der Waals surface area contributed by atoms with E-state index in [4.69, 9.17) is 5.11 Å². The SMILES string of the molecule is Cc1c(C(=O)Nc2sccc2C(=O)O)sc2ccccc12. The zero-order chi connectivity index (χ0) is 15.0. The fourth-order valence-corrected chi connectivity index (χ4v) is 4.00. The summed E-state index contributed by atoms with van der Waals surface area (Å²) in [7, 11) is 0. The van der Waals surface area contributed by atoms with Gasteiger partial charge in [0.15, 0.2) is 0 Å². The molecule has 0 atom stereocenters. The smallest absolute Gasteiger partial charge is 0.338 e. The minimum Gasteiger partial charge on any atom is -0.478 e. The quantitative estimate of drug-likeness (QED) is 0.760. The van der Waals surface area contributed by atoms with Gasteiger partial charge in [-0.15, -0.1) is 22.7 Å². The second-order valence-corrected chi connectivity index (χ2v) is 6.44. The molecule has 3 rings (SSSR count). The van der Waals surface area contributed by atoms with E-state index in [1.165, 1.54) is 28.7 Å². The van der Waals surface area contributed by atoms with E-state index >= 15 is 0 Å². The second kappa shape index (κ2) is 5.31. The lowest BCUT2D eigenvalue weighted by atomic mass is 10.1. The van der Waals surface area contributed by atoms with Crippen LogP contribution in [-0.2, 0) is 0 Å². The first-order chi connectivity index (χ1) is 10.1. The third-order valence-corrected chi connectivity index (χ3v) is 5.27. The number of carbonyl (C=O) groups excluding carboxylic acids is 1. The molecule has 0 spiro atoms. The zero-order valence-electron chi connectivity index (χ0n) is 11.0. The molecule has 2 N–H and O–H groups in total.